The van der Waals surface area contributed by atoms with Crippen LogP contribution in [-0.2, 0) is 10.0 Å². The summed E-state index contributed by atoms with van der Waals surface area (Å²) in [6.45, 7) is 3.56. The van der Waals surface area contributed by atoms with E-state index < -0.39 is 22.0 Å². The number of sulfonamides is 1. The van der Waals surface area contributed by atoms with Crippen molar-refractivity contribution in [1.82, 2.24) is 5.32 Å². The van der Waals surface area contributed by atoms with E-state index in [0.717, 1.165) is 11.6 Å². The van der Waals surface area contributed by atoms with Crippen molar-refractivity contribution in [2.45, 2.75) is 19.9 Å². The third-order valence-corrected chi connectivity index (χ3v) is 5.08. The van der Waals surface area contributed by atoms with E-state index in [1.165, 1.54) is 0 Å². The largest absolute Gasteiger partial charge is 0.449 e. The third kappa shape index (κ3) is 4.09. The Morgan fingerprint density at radius 3 is 2.52 bits per heavy atom. The average Bonchev–Trinajstić information content (AvgIpc) is 2.92. The van der Waals surface area contributed by atoms with E-state index in [0.29, 0.717) is 27.4 Å². The van der Waals surface area contributed by atoms with Gasteiger partial charge in [0, 0.05) is 10.9 Å². The van der Waals surface area contributed by atoms with Gasteiger partial charge in [-0.2, -0.15) is 0 Å². The summed E-state index contributed by atoms with van der Waals surface area (Å²) in [4.78, 5) is 12.7. The van der Waals surface area contributed by atoms with Crippen molar-refractivity contribution in [2.24, 2.45) is 0 Å². The zero-order chi connectivity index (χ0) is 19.8. The van der Waals surface area contributed by atoms with Crippen LogP contribution in [0.1, 0.15) is 34.6 Å². The molecule has 1 amide bonds. The molecular formula is C19H19ClN2O4S. The minimum Gasteiger partial charge on any atom is -0.449 e. The molecule has 27 heavy (non-hydrogen) atoms. The highest BCUT2D eigenvalue weighted by Crippen LogP contribution is 2.31. The summed E-state index contributed by atoms with van der Waals surface area (Å²) in [5, 5.41) is 4.06. The Labute approximate surface area is 162 Å². The van der Waals surface area contributed by atoms with Crippen LogP contribution in [0, 0.1) is 6.92 Å². The number of carbonyl (C=O) groups excluding carboxylic acids is 1. The average molecular weight is 407 g/mol. The molecule has 1 aromatic heterocycles. The smallest absolute Gasteiger partial charge is 0.287 e. The standard InChI is InChI=1S/C19H19ClN2O4S/c1-11-13-8-6-9-15(20)18(13)26-17(11)19(23)21-12(2)14-7-4-5-10-16(14)22-27(3,24)25/h4-10,12,22H,1-3H3,(H,21,23)/t12-/m0/s1. The van der Waals surface area contributed by atoms with Gasteiger partial charge in [0.1, 0.15) is 0 Å². The van der Waals surface area contributed by atoms with Crippen molar-refractivity contribution < 1.29 is 17.6 Å². The Balaban J connectivity index is 1.89. The van der Waals surface area contributed by atoms with E-state index in [4.69, 9.17) is 16.0 Å². The Hall–Kier alpha value is -2.51. The van der Waals surface area contributed by atoms with Gasteiger partial charge in [0.25, 0.3) is 5.91 Å². The third-order valence-electron chi connectivity index (χ3n) is 4.19. The molecule has 6 nitrogen and oxygen atoms in total. The molecule has 0 aliphatic rings. The Kier molecular flexibility index (Phi) is 5.17. The molecule has 2 aromatic carbocycles. The molecule has 142 valence electrons. The van der Waals surface area contributed by atoms with Crippen LogP contribution < -0.4 is 10.0 Å². The fraction of sp³-hybridized carbons (Fsp3) is 0.211. The van der Waals surface area contributed by atoms with Crippen LogP contribution in [-0.4, -0.2) is 20.6 Å². The van der Waals surface area contributed by atoms with Crippen molar-refractivity contribution in [3.8, 4) is 0 Å². The number of hydrogen-bond donors (Lipinski definition) is 2. The summed E-state index contributed by atoms with van der Waals surface area (Å²) in [5.41, 5.74) is 2.22. The Bertz CT molecular complexity index is 1120. The van der Waals surface area contributed by atoms with Gasteiger partial charge < -0.3 is 9.73 Å². The minimum atomic E-state index is -3.44. The number of halogens is 1. The summed E-state index contributed by atoms with van der Waals surface area (Å²) in [6, 6.07) is 11.8. The normalized spacial score (nSPS) is 12.7. The highest BCUT2D eigenvalue weighted by Gasteiger charge is 2.22. The first-order valence-electron chi connectivity index (χ1n) is 8.22. The molecule has 3 rings (SSSR count). The highest BCUT2D eigenvalue weighted by molar-refractivity contribution is 7.92. The number of hydrogen-bond acceptors (Lipinski definition) is 4. The van der Waals surface area contributed by atoms with Crippen LogP contribution in [0.2, 0.25) is 5.02 Å². The van der Waals surface area contributed by atoms with E-state index in [1.807, 2.05) is 6.07 Å². The molecule has 3 aromatic rings. The van der Waals surface area contributed by atoms with E-state index in [2.05, 4.69) is 10.0 Å². The maximum absolute atomic E-state index is 12.7. The molecule has 2 N–H and O–H groups in total. The number of fused-ring (bicyclic) bond motifs is 1. The van der Waals surface area contributed by atoms with Crippen molar-refractivity contribution in [2.75, 3.05) is 11.0 Å². The van der Waals surface area contributed by atoms with Crippen LogP contribution >= 0.6 is 11.6 Å². The zero-order valence-electron chi connectivity index (χ0n) is 15.0. The van der Waals surface area contributed by atoms with Gasteiger partial charge in [0.2, 0.25) is 10.0 Å². The molecule has 0 unspecified atom stereocenters. The molecule has 0 saturated heterocycles. The molecule has 1 heterocycles. The number of anilines is 1. The van der Waals surface area contributed by atoms with Crippen molar-refractivity contribution >= 4 is 44.2 Å². The van der Waals surface area contributed by atoms with Gasteiger partial charge in [0.15, 0.2) is 11.3 Å². The highest BCUT2D eigenvalue weighted by atomic mass is 35.5. The SMILES string of the molecule is Cc1c(C(=O)N[C@@H](C)c2ccccc2NS(C)(=O)=O)oc2c(Cl)cccc12. The first kappa shape index (κ1) is 19.3. The predicted octanol–water partition coefficient (Wildman–Crippen LogP) is 4.26. The maximum Gasteiger partial charge on any atom is 0.287 e. The molecule has 0 aliphatic heterocycles. The van der Waals surface area contributed by atoms with Crippen molar-refractivity contribution in [1.29, 1.82) is 0 Å². The number of aryl methyl sites for hydroxylation is 1. The Morgan fingerprint density at radius 2 is 1.85 bits per heavy atom. The number of para-hydroxylation sites is 2. The van der Waals surface area contributed by atoms with Gasteiger partial charge in [-0.25, -0.2) is 8.42 Å². The van der Waals surface area contributed by atoms with Gasteiger partial charge in [-0.3, -0.25) is 9.52 Å². The first-order chi connectivity index (χ1) is 12.7. The molecule has 0 bridgehead atoms. The first-order valence-corrected chi connectivity index (χ1v) is 10.5. The van der Waals surface area contributed by atoms with Crippen LogP contribution in [0.5, 0.6) is 0 Å². The second-order valence-corrected chi connectivity index (χ2v) is 8.48. The fourth-order valence-corrected chi connectivity index (χ4v) is 3.73. The van der Waals surface area contributed by atoms with Gasteiger partial charge in [-0.1, -0.05) is 41.9 Å². The fourth-order valence-electron chi connectivity index (χ4n) is 2.93. The molecule has 0 fully saturated rings. The summed E-state index contributed by atoms with van der Waals surface area (Å²) in [6.07, 6.45) is 1.08. The lowest BCUT2D eigenvalue weighted by atomic mass is 10.1. The van der Waals surface area contributed by atoms with Gasteiger partial charge in [0.05, 0.1) is 23.0 Å². The van der Waals surface area contributed by atoms with Gasteiger partial charge in [-0.15, -0.1) is 0 Å². The maximum atomic E-state index is 12.7. The molecule has 0 aliphatic carbocycles. The number of carbonyl (C=O) groups is 1. The number of benzene rings is 2. The van der Waals surface area contributed by atoms with Crippen molar-refractivity contribution in [3.63, 3.8) is 0 Å². The lowest BCUT2D eigenvalue weighted by Gasteiger charge is -2.18. The molecule has 0 radical (unpaired) electrons. The summed E-state index contributed by atoms with van der Waals surface area (Å²) in [5.74, 6) is -0.222. The molecule has 1 atom stereocenters. The van der Waals surface area contributed by atoms with E-state index in [-0.39, 0.29) is 5.76 Å². The second kappa shape index (κ2) is 7.25. The number of nitrogens with one attached hydrogen (secondary N) is 2. The van der Waals surface area contributed by atoms with Crippen LogP contribution in [0.15, 0.2) is 46.9 Å². The topological polar surface area (TPSA) is 88.4 Å². The summed E-state index contributed by atoms with van der Waals surface area (Å²) >= 11 is 6.14. The zero-order valence-corrected chi connectivity index (χ0v) is 16.6. The quantitative estimate of drug-likeness (QED) is 0.662. The van der Waals surface area contributed by atoms with Crippen LogP contribution in [0.3, 0.4) is 0 Å². The molecule has 0 spiro atoms. The second-order valence-electron chi connectivity index (χ2n) is 6.33. The molecular weight excluding hydrogens is 388 g/mol. The summed E-state index contributed by atoms with van der Waals surface area (Å²) in [7, 11) is -3.44. The molecule has 0 saturated carbocycles. The lowest BCUT2D eigenvalue weighted by molar-refractivity contribution is 0.0913. The number of furan rings is 1. The predicted molar refractivity (Wildman–Crippen MR) is 107 cm³/mol. The van der Waals surface area contributed by atoms with Crippen molar-refractivity contribution in [3.05, 3.63) is 64.4 Å². The van der Waals surface area contributed by atoms with E-state index in [1.54, 1.807) is 50.2 Å². The van der Waals surface area contributed by atoms with Crippen LogP contribution in [0.25, 0.3) is 11.0 Å². The number of amides is 1. The van der Waals surface area contributed by atoms with E-state index >= 15 is 0 Å². The monoisotopic (exact) mass is 406 g/mol. The van der Waals surface area contributed by atoms with Crippen LogP contribution in [0.4, 0.5) is 5.69 Å². The number of rotatable bonds is 5. The van der Waals surface area contributed by atoms with E-state index in [9.17, 15) is 13.2 Å². The van der Waals surface area contributed by atoms with Gasteiger partial charge >= 0.3 is 0 Å². The molecule has 8 heteroatoms. The lowest BCUT2D eigenvalue weighted by Crippen LogP contribution is -2.27. The van der Waals surface area contributed by atoms with Gasteiger partial charge in [-0.05, 0) is 31.5 Å². The summed E-state index contributed by atoms with van der Waals surface area (Å²) < 4.78 is 31.3. The Morgan fingerprint density at radius 1 is 1.15 bits per heavy atom. The minimum absolute atomic E-state index is 0.179.